The van der Waals surface area contributed by atoms with Crippen LogP contribution in [-0.4, -0.2) is 56.3 Å². The van der Waals surface area contributed by atoms with E-state index in [0.29, 0.717) is 41.9 Å². The fourth-order valence-electron chi connectivity index (χ4n) is 2.86. The van der Waals surface area contributed by atoms with Crippen molar-refractivity contribution in [2.75, 3.05) is 38.0 Å². The number of nitrogens with one attached hydrogen (secondary N) is 1. The van der Waals surface area contributed by atoms with Gasteiger partial charge in [0.05, 0.1) is 27.2 Å². The van der Waals surface area contributed by atoms with E-state index in [9.17, 15) is 13.2 Å². The lowest BCUT2D eigenvalue weighted by atomic mass is 10.3. The zero-order chi connectivity index (χ0) is 19.4. The molecule has 1 aliphatic heterocycles. The molecular weight excluding hydrogens is 409 g/mol. The van der Waals surface area contributed by atoms with Crippen LogP contribution < -0.4 is 5.32 Å². The molecule has 0 unspecified atom stereocenters. The average Bonchev–Trinajstić information content (AvgIpc) is 2.66. The van der Waals surface area contributed by atoms with Crippen molar-refractivity contribution in [3.05, 3.63) is 58.6 Å². The maximum absolute atomic E-state index is 12.6. The molecule has 6 nitrogen and oxygen atoms in total. The molecule has 1 aliphatic rings. The molecule has 0 bridgehead atoms. The number of piperazine rings is 1. The summed E-state index contributed by atoms with van der Waals surface area (Å²) in [7, 11) is -3.50. The van der Waals surface area contributed by atoms with Gasteiger partial charge in [-0.1, -0.05) is 47.5 Å². The molecule has 27 heavy (non-hydrogen) atoms. The quantitative estimate of drug-likeness (QED) is 0.795. The Morgan fingerprint density at radius 1 is 0.963 bits per heavy atom. The molecule has 0 aliphatic carbocycles. The first kappa shape index (κ1) is 20.1. The van der Waals surface area contributed by atoms with Crippen LogP contribution in [0.1, 0.15) is 0 Å². The van der Waals surface area contributed by atoms with Crippen LogP contribution >= 0.6 is 23.2 Å². The minimum Gasteiger partial charge on any atom is -0.324 e. The molecule has 1 fully saturated rings. The summed E-state index contributed by atoms with van der Waals surface area (Å²) in [6.07, 6.45) is 0. The number of anilines is 1. The normalized spacial score (nSPS) is 16.2. The number of carbonyl (C=O) groups is 1. The van der Waals surface area contributed by atoms with E-state index >= 15 is 0 Å². The van der Waals surface area contributed by atoms with E-state index in [-0.39, 0.29) is 17.3 Å². The number of rotatable bonds is 5. The van der Waals surface area contributed by atoms with Crippen molar-refractivity contribution in [1.82, 2.24) is 9.21 Å². The van der Waals surface area contributed by atoms with Gasteiger partial charge in [-0.25, -0.2) is 8.42 Å². The van der Waals surface area contributed by atoms with Crippen LogP contribution in [0.25, 0.3) is 0 Å². The smallest absolute Gasteiger partial charge is 0.243 e. The molecule has 3 rings (SSSR count). The first-order valence-corrected chi connectivity index (χ1v) is 10.6. The molecule has 144 valence electrons. The van der Waals surface area contributed by atoms with E-state index in [1.54, 1.807) is 48.5 Å². The van der Waals surface area contributed by atoms with Crippen molar-refractivity contribution >= 4 is 44.8 Å². The molecule has 2 aromatic carbocycles. The van der Waals surface area contributed by atoms with Gasteiger partial charge >= 0.3 is 0 Å². The van der Waals surface area contributed by atoms with E-state index in [0.717, 1.165) is 0 Å². The van der Waals surface area contributed by atoms with Crippen LogP contribution in [0.15, 0.2) is 53.4 Å². The van der Waals surface area contributed by atoms with E-state index < -0.39 is 10.0 Å². The van der Waals surface area contributed by atoms with Gasteiger partial charge in [-0.05, 0) is 24.3 Å². The van der Waals surface area contributed by atoms with Crippen molar-refractivity contribution in [3.8, 4) is 0 Å². The van der Waals surface area contributed by atoms with Gasteiger partial charge in [0.25, 0.3) is 0 Å². The molecule has 1 amide bonds. The Labute approximate surface area is 168 Å². The van der Waals surface area contributed by atoms with Gasteiger partial charge in [0.15, 0.2) is 0 Å². The number of nitrogens with zero attached hydrogens (tertiary/aromatic N) is 2. The number of benzene rings is 2. The fourth-order valence-corrected chi connectivity index (χ4v) is 4.65. The lowest BCUT2D eigenvalue weighted by molar-refractivity contribution is -0.117. The zero-order valence-corrected chi connectivity index (χ0v) is 16.8. The molecule has 0 atom stereocenters. The molecule has 9 heteroatoms. The number of halogens is 2. The third-order valence-corrected chi connectivity index (χ3v) is 7.04. The van der Waals surface area contributed by atoms with Crippen molar-refractivity contribution in [2.45, 2.75) is 4.90 Å². The summed E-state index contributed by atoms with van der Waals surface area (Å²) in [5, 5.41) is 3.40. The second-order valence-electron chi connectivity index (χ2n) is 6.14. The van der Waals surface area contributed by atoms with Gasteiger partial charge in [-0.3, -0.25) is 9.69 Å². The molecule has 0 saturated carbocycles. The van der Waals surface area contributed by atoms with Crippen LogP contribution in [0.2, 0.25) is 10.0 Å². The van der Waals surface area contributed by atoms with Crippen LogP contribution in [0.4, 0.5) is 5.69 Å². The Morgan fingerprint density at radius 2 is 1.63 bits per heavy atom. The molecule has 0 aromatic heterocycles. The number of amides is 1. The highest BCUT2D eigenvalue weighted by Gasteiger charge is 2.28. The van der Waals surface area contributed by atoms with Crippen LogP contribution in [-0.2, 0) is 14.8 Å². The molecule has 1 saturated heterocycles. The van der Waals surface area contributed by atoms with Crippen LogP contribution in [0, 0.1) is 0 Å². The summed E-state index contributed by atoms with van der Waals surface area (Å²) in [6, 6.07) is 13.4. The van der Waals surface area contributed by atoms with Gasteiger partial charge in [-0.2, -0.15) is 4.31 Å². The molecular formula is C18H19Cl2N3O3S. The van der Waals surface area contributed by atoms with Gasteiger partial charge in [0.1, 0.15) is 0 Å². The minimum absolute atomic E-state index is 0.155. The van der Waals surface area contributed by atoms with E-state index in [2.05, 4.69) is 5.32 Å². The molecule has 1 N–H and O–H groups in total. The van der Waals surface area contributed by atoms with E-state index in [4.69, 9.17) is 23.2 Å². The van der Waals surface area contributed by atoms with Gasteiger partial charge in [0.2, 0.25) is 15.9 Å². The topological polar surface area (TPSA) is 69.7 Å². The van der Waals surface area contributed by atoms with Gasteiger partial charge < -0.3 is 5.32 Å². The molecule has 0 radical (unpaired) electrons. The van der Waals surface area contributed by atoms with E-state index in [1.807, 2.05) is 4.90 Å². The van der Waals surface area contributed by atoms with E-state index in [1.165, 1.54) is 4.31 Å². The minimum atomic E-state index is -3.50. The lowest BCUT2D eigenvalue weighted by Gasteiger charge is -2.33. The van der Waals surface area contributed by atoms with Crippen LogP contribution in [0.3, 0.4) is 0 Å². The number of hydrogen-bond donors (Lipinski definition) is 1. The number of hydrogen-bond acceptors (Lipinski definition) is 4. The molecule has 1 heterocycles. The largest absolute Gasteiger partial charge is 0.324 e. The number of carbonyl (C=O) groups excluding carboxylic acids is 1. The summed E-state index contributed by atoms with van der Waals surface area (Å²) in [5.41, 5.74) is 0.458. The highest BCUT2D eigenvalue weighted by atomic mass is 35.5. The Kier molecular flexibility index (Phi) is 6.39. The maximum atomic E-state index is 12.6. The van der Waals surface area contributed by atoms with Crippen LogP contribution in [0.5, 0.6) is 0 Å². The lowest BCUT2D eigenvalue weighted by Crippen LogP contribution is -2.50. The first-order valence-electron chi connectivity index (χ1n) is 8.39. The summed E-state index contributed by atoms with van der Waals surface area (Å²) >= 11 is 12.0. The van der Waals surface area contributed by atoms with Gasteiger partial charge in [0, 0.05) is 26.2 Å². The highest BCUT2D eigenvalue weighted by Crippen LogP contribution is 2.29. The maximum Gasteiger partial charge on any atom is 0.243 e. The summed E-state index contributed by atoms with van der Waals surface area (Å²) in [5.74, 6) is -0.224. The predicted molar refractivity (Wildman–Crippen MR) is 107 cm³/mol. The first-order chi connectivity index (χ1) is 12.9. The second-order valence-corrected chi connectivity index (χ2v) is 8.87. The summed E-state index contributed by atoms with van der Waals surface area (Å²) in [6.45, 7) is 1.78. The van der Waals surface area contributed by atoms with Gasteiger partial charge in [-0.15, -0.1) is 0 Å². The Morgan fingerprint density at radius 3 is 2.30 bits per heavy atom. The monoisotopic (exact) mass is 427 g/mol. The summed E-state index contributed by atoms with van der Waals surface area (Å²) < 4.78 is 26.7. The van der Waals surface area contributed by atoms with Crippen molar-refractivity contribution < 1.29 is 13.2 Å². The van der Waals surface area contributed by atoms with Crippen molar-refractivity contribution in [2.24, 2.45) is 0 Å². The SMILES string of the molecule is O=C(CN1CCN(S(=O)(=O)c2ccccc2)CC1)Nc1cccc(Cl)c1Cl. The number of sulfonamides is 1. The average molecular weight is 428 g/mol. The Hall–Kier alpha value is -1.64. The second kappa shape index (κ2) is 8.58. The summed E-state index contributed by atoms with van der Waals surface area (Å²) in [4.78, 5) is 14.4. The standard InChI is InChI=1S/C18H19Cl2N3O3S/c19-15-7-4-8-16(18(15)20)21-17(24)13-22-9-11-23(12-10-22)27(25,26)14-5-2-1-3-6-14/h1-8H,9-13H2,(H,21,24). The highest BCUT2D eigenvalue weighted by molar-refractivity contribution is 7.89. The fraction of sp³-hybridized carbons (Fsp3) is 0.278. The molecule has 0 spiro atoms. The Balaban J connectivity index is 1.55. The third-order valence-electron chi connectivity index (χ3n) is 4.31. The Bertz CT molecular complexity index is 915. The third kappa shape index (κ3) is 4.80. The van der Waals surface area contributed by atoms with Crippen molar-refractivity contribution in [3.63, 3.8) is 0 Å². The molecule has 2 aromatic rings. The zero-order valence-electron chi connectivity index (χ0n) is 14.4. The van der Waals surface area contributed by atoms with Crippen molar-refractivity contribution in [1.29, 1.82) is 0 Å². The predicted octanol–water partition coefficient (Wildman–Crippen LogP) is 2.94.